The zero-order valence-electron chi connectivity index (χ0n) is 16.8. The number of furan rings is 1. The number of hydrogen-bond donors (Lipinski definition) is 1. The third-order valence-electron chi connectivity index (χ3n) is 5.66. The molecule has 0 aliphatic carbocycles. The molecular formula is C21H26N4O2S. The van der Waals surface area contributed by atoms with Gasteiger partial charge in [-0.05, 0) is 58.2 Å². The van der Waals surface area contributed by atoms with Gasteiger partial charge < -0.3 is 14.6 Å². The highest BCUT2D eigenvalue weighted by Gasteiger charge is 2.28. The minimum Gasteiger partial charge on any atom is -0.464 e. The van der Waals surface area contributed by atoms with E-state index in [0.29, 0.717) is 0 Å². The minimum absolute atomic E-state index is 0.0254. The highest BCUT2D eigenvalue weighted by Crippen LogP contribution is 2.35. The number of nitrogens with one attached hydrogen (secondary N) is 1. The van der Waals surface area contributed by atoms with Gasteiger partial charge >= 0.3 is 0 Å². The molecule has 1 N–H and O–H groups in total. The first-order chi connectivity index (χ1) is 13.4. The summed E-state index contributed by atoms with van der Waals surface area (Å²) in [6.45, 7) is 9.79. The molecule has 1 fully saturated rings. The Morgan fingerprint density at radius 3 is 2.68 bits per heavy atom. The fourth-order valence-corrected chi connectivity index (χ4v) is 4.84. The molecule has 148 valence electrons. The highest BCUT2D eigenvalue weighted by molar-refractivity contribution is 7.18. The third kappa shape index (κ3) is 3.51. The summed E-state index contributed by atoms with van der Waals surface area (Å²) < 4.78 is 5.63. The van der Waals surface area contributed by atoms with Crippen LogP contribution in [0.2, 0.25) is 0 Å². The van der Waals surface area contributed by atoms with Crippen LogP contribution in [-0.2, 0) is 4.79 Å². The number of aromatic nitrogens is 2. The lowest BCUT2D eigenvalue weighted by molar-refractivity contribution is -0.126. The van der Waals surface area contributed by atoms with Crippen LogP contribution in [0, 0.1) is 26.7 Å². The number of fused-ring (bicyclic) bond motifs is 1. The molecule has 0 bridgehead atoms. The molecule has 0 aromatic carbocycles. The molecule has 7 heteroatoms. The van der Waals surface area contributed by atoms with Crippen molar-refractivity contribution in [3.05, 3.63) is 40.4 Å². The topological polar surface area (TPSA) is 71.3 Å². The van der Waals surface area contributed by atoms with Crippen molar-refractivity contribution in [2.45, 2.75) is 46.6 Å². The van der Waals surface area contributed by atoms with Crippen LogP contribution < -0.4 is 10.2 Å². The smallest absolute Gasteiger partial charge is 0.223 e. The molecule has 1 amide bonds. The molecule has 1 aliphatic rings. The second kappa shape index (κ2) is 7.54. The molecule has 1 saturated heterocycles. The van der Waals surface area contributed by atoms with Gasteiger partial charge in [-0.2, -0.15) is 0 Å². The number of amides is 1. The maximum absolute atomic E-state index is 12.7. The average Bonchev–Trinajstić information content (AvgIpc) is 3.25. The van der Waals surface area contributed by atoms with Gasteiger partial charge in [-0.25, -0.2) is 9.97 Å². The molecule has 4 heterocycles. The first kappa shape index (κ1) is 18.9. The van der Waals surface area contributed by atoms with Gasteiger partial charge in [-0.3, -0.25) is 4.79 Å². The monoisotopic (exact) mass is 398 g/mol. The number of hydrogen-bond acceptors (Lipinski definition) is 6. The number of thiophene rings is 1. The van der Waals surface area contributed by atoms with E-state index >= 15 is 0 Å². The predicted molar refractivity (Wildman–Crippen MR) is 112 cm³/mol. The first-order valence-corrected chi connectivity index (χ1v) is 10.6. The maximum Gasteiger partial charge on any atom is 0.223 e. The van der Waals surface area contributed by atoms with E-state index in [4.69, 9.17) is 4.42 Å². The average molecular weight is 399 g/mol. The van der Waals surface area contributed by atoms with Crippen LogP contribution in [0.3, 0.4) is 0 Å². The van der Waals surface area contributed by atoms with Crippen molar-refractivity contribution in [3.8, 4) is 0 Å². The Labute approximate surface area is 169 Å². The summed E-state index contributed by atoms with van der Waals surface area (Å²) in [6.07, 6.45) is 3.30. The van der Waals surface area contributed by atoms with Crippen molar-refractivity contribution in [1.82, 2.24) is 15.3 Å². The number of rotatable bonds is 4. The molecular weight excluding hydrogens is 372 g/mol. The van der Waals surface area contributed by atoms with Crippen LogP contribution in [0.25, 0.3) is 10.2 Å². The lowest BCUT2D eigenvalue weighted by Crippen LogP contribution is -2.41. The van der Waals surface area contributed by atoms with Crippen LogP contribution in [0.15, 0.2) is 22.9 Å². The Morgan fingerprint density at radius 2 is 2.00 bits per heavy atom. The van der Waals surface area contributed by atoms with E-state index in [9.17, 15) is 4.79 Å². The van der Waals surface area contributed by atoms with E-state index in [-0.39, 0.29) is 17.9 Å². The van der Waals surface area contributed by atoms with E-state index in [2.05, 4.69) is 34.0 Å². The van der Waals surface area contributed by atoms with Gasteiger partial charge in [0.1, 0.15) is 28.5 Å². The summed E-state index contributed by atoms with van der Waals surface area (Å²) in [5, 5.41) is 4.26. The Morgan fingerprint density at radius 1 is 1.25 bits per heavy atom. The van der Waals surface area contributed by atoms with E-state index in [1.54, 1.807) is 17.7 Å². The van der Waals surface area contributed by atoms with Crippen molar-refractivity contribution in [2.24, 2.45) is 5.92 Å². The number of carbonyl (C=O) groups excluding carboxylic acids is 1. The molecule has 1 atom stereocenters. The van der Waals surface area contributed by atoms with Crippen LogP contribution in [0.4, 0.5) is 5.82 Å². The van der Waals surface area contributed by atoms with E-state index in [1.165, 1.54) is 10.4 Å². The summed E-state index contributed by atoms with van der Waals surface area (Å²) in [5.74, 6) is 2.80. The van der Waals surface area contributed by atoms with Gasteiger partial charge in [0.25, 0.3) is 0 Å². The predicted octanol–water partition coefficient (Wildman–Crippen LogP) is 4.30. The second-order valence-electron chi connectivity index (χ2n) is 7.60. The van der Waals surface area contributed by atoms with Gasteiger partial charge in [0, 0.05) is 23.9 Å². The van der Waals surface area contributed by atoms with Crippen molar-refractivity contribution >= 4 is 33.3 Å². The van der Waals surface area contributed by atoms with Crippen LogP contribution >= 0.6 is 11.3 Å². The van der Waals surface area contributed by atoms with Crippen molar-refractivity contribution in [2.75, 3.05) is 18.0 Å². The summed E-state index contributed by atoms with van der Waals surface area (Å²) in [7, 11) is 0. The molecule has 4 rings (SSSR count). The number of nitrogens with zero attached hydrogens (tertiary/aromatic N) is 3. The van der Waals surface area contributed by atoms with Crippen LogP contribution in [0.5, 0.6) is 0 Å². The largest absolute Gasteiger partial charge is 0.464 e. The molecule has 0 spiro atoms. The summed E-state index contributed by atoms with van der Waals surface area (Å²) in [6, 6.07) is 3.73. The quantitative estimate of drug-likeness (QED) is 0.709. The van der Waals surface area contributed by atoms with Gasteiger partial charge in [-0.1, -0.05) is 0 Å². The lowest BCUT2D eigenvalue weighted by atomic mass is 9.95. The SMILES string of the molecule is Cc1ccc(C(C)NC(=O)C2CCN(c3ncnc4sc(C)c(C)c34)CC2)o1. The summed E-state index contributed by atoms with van der Waals surface area (Å²) >= 11 is 1.72. The lowest BCUT2D eigenvalue weighted by Gasteiger charge is -2.33. The van der Waals surface area contributed by atoms with E-state index in [1.807, 2.05) is 26.0 Å². The van der Waals surface area contributed by atoms with Crippen LogP contribution in [0.1, 0.15) is 47.8 Å². The maximum atomic E-state index is 12.7. The summed E-state index contributed by atoms with van der Waals surface area (Å²) in [5.41, 5.74) is 1.26. The molecule has 0 radical (unpaired) electrons. The second-order valence-corrected chi connectivity index (χ2v) is 8.80. The Bertz CT molecular complexity index is 1000. The molecule has 0 saturated carbocycles. The molecule has 6 nitrogen and oxygen atoms in total. The van der Waals surface area contributed by atoms with Gasteiger partial charge in [0.05, 0.1) is 11.4 Å². The van der Waals surface area contributed by atoms with Gasteiger partial charge in [0.2, 0.25) is 5.91 Å². The van der Waals surface area contributed by atoms with Gasteiger partial charge in [-0.15, -0.1) is 11.3 Å². The standard InChI is InChI=1S/C21H26N4O2S/c1-12-5-6-17(27-12)14(3)24-20(26)16-7-9-25(10-8-16)19-18-13(2)15(4)28-21(18)23-11-22-19/h5-6,11,14,16H,7-10H2,1-4H3,(H,24,26). The van der Waals surface area contributed by atoms with Crippen molar-refractivity contribution in [1.29, 1.82) is 0 Å². The van der Waals surface area contributed by atoms with Crippen molar-refractivity contribution in [3.63, 3.8) is 0 Å². The van der Waals surface area contributed by atoms with Crippen molar-refractivity contribution < 1.29 is 9.21 Å². The third-order valence-corrected chi connectivity index (χ3v) is 6.77. The highest BCUT2D eigenvalue weighted by atomic mass is 32.1. The number of aryl methyl sites for hydroxylation is 3. The Hall–Kier alpha value is -2.41. The van der Waals surface area contributed by atoms with E-state index in [0.717, 1.165) is 53.5 Å². The zero-order valence-corrected chi connectivity index (χ0v) is 17.6. The zero-order chi connectivity index (χ0) is 19.8. The fraction of sp³-hybridized carbons (Fsp3) is 0.476. The fourth-order valence-electron chi connectivity index (χ4n) is 3.85. The molecule has 28 heavy (non-hydrogen) atoms. The normalized spacial score (nSPS) is 16.5. The summed E-state index contributed by atoms with van der Waals surface area (Å²) in [4.78, 5) is 26.3. The number of anilines is 1. The molecule has 1 aliphatic heterocycles. The first-order valence-electron chi connectivity index (χ1n) is 9.76. The number of carbonyl (C=O) groups is 1. The van der Waals surface area contributed by atoms with Gasteiger partial charge in [0.15, 0.2) is 0 Å². The Balaban J connectivity index is 1.41. The Kier molecular flexibility index (Phi) is 5.10. The molecule has 1 unspecified atom stereocenters. The molecule has 3 aromatic heterocycles. The minimum atomic E-state index is -0.114. The van der Waals surface area contributed by atoms with Crippen LogP contribution in [-0.4, -0.2) is 29.0 Å². The number of piperidine rings is 1. The van der Waals surface area contributed by atoms with E-state index < -0.39 is 0 Å². The molecule has 3 aromatic rings.